The Labute approximate surface area is 99.5 Å². The fourth-order valence-corrected chi connectivity index (χ4v) is 1.86. The number of aryl methyl sites for hydroxylation is 1. The van der Waals surface area contributed by atoms with Crippen LogP contribution in [0.1, 0.15) is 19.5 Å². The second-order valence-electron chi connectivity index (χ2n) is 4.90. The molecular formula is C13H16N2O2. The molecule has 0 saturated carbocycles. The fraction of sp³-hybridized carbons (Fsp3) is 0.385. The number of benzene rings is 1. The largest absolute Gasteiger partial charge is 0.390 e. The third kappa shape index (κ3) is 2.36. The van der Waals surface area contributed by atoms with Gasteiger partial charge in [-0.25, -0.2) is 4.98 Å². The minimum absolute atomic E-state index is 0.147. The summed E-state index contributed by atoms with van der Waals surface area (Å²) in [7, 11) is 1.72. The summed E-state index contributed by atoms with van der Waals surface area (Å²) in [6.45, 7) is 3.34. The van der Waals surface area contributed by atoms with E-state index in [1.807, 2.05) is 24.3 Å². The molecule has 0 amide bonds. The van der Waals surface area contributed by atoms with Crippen molar-refractivity contribution in [3.63, 3.8) is 0 Å². The van der Waals surface area contributed by atoms with E-state index in [4.69, 9.17) is 0 Å². The van der Waals surface area contributed by atoms with Crippen molar-refractivity contribution in [2.45, 2.75) is 25.9 Å². The van der Waals surface area contributed by atoms with E-state index >= 15 is 0 Å². The van der Waals surface area contributed by atoms with Crippen LogP contribution in [0.2, 0.25) is 0 Å². The van der Waals surface area contributed by atoms with E-state index in [-0.39, 0.29) is 12.0 Å². The monoisotopic (exact) mass is 232 g/mol. The summed E-state index contributed by atoms with van der Waals surface area (Å²) in [5.74, 6) is 0. The van der Waals surface area contributed by atoms with E-state index in [1.165, 1.54) is 0 Å². The normalized spacial score (nSPS) is 12.0. The molecule has 0 spiro atoms. The van der Waals surface area contributed by atoms with Gasteiger partial charge in [-0.15, -0.1) is 0 Å². The molecule has 2 aromatic rings. The second kappa shape index (κ2) is 3.96. The number of fused-ring (bicyclic) bond motifs is 1. The molecule has 0 atom stereocenters. The van der Waals surface area contributed by atoms with Crippen molar-refractivity contribution in [1.29, 1.82) is 0 Å². The lowest BCUT2D eigenvalue weighted by Crippen LogP contribution is -2.30. The van der Waals surface area contributed by atoms with Gasteiger partial charge in [-0.1, -0.05) is 12.1 Å². The minimum atomic E-state index is -0.929. The predicted octanol–water partition coefficient (Wildman–Crippen LogP) is 1.25. The molecule has 4 nitrogen and oxygen atoms in total. The van der Waals surface area contributed by atoms with Crippen molar-refractivity contribution in [2.75, 3.05) is 0 Å². The van der Waals surface area contributed by atoms with E-state index in [1.54, 1.807) is 25.5 Å². The first kappa shape index (κ1) is 11.8. The maximum atomic E-state index is 12.0. The maximum absolute atomic E-state index is 12.0. The number of nitrogens with zero attached hydrogens (tertiary/aromatic N) is 2. The van der Waals surface area contributed by atoms with Gasteiger partial charge in [0.2, 0.25) is 0 Å². The Morgan fingerprint density at radius 2 is 2.00 bits per heavy atom. The molecule has 1 aromatic carbocycles. The van der Waals surface area contributed by atoms with E-state index in [2.05, 4.69) is 4.98 Å². The molecule has 90 valence electrons. The Morgan fingerprint density at radius 3 is 2.65 bits per heavy atom. The topological polar surface area (TPSA) is 55.1 Å². The number of aliphatic hydroxyl groups is 1. The quantitative estimate of drug-likeness (QED) is 0.847. The van der Waals surface area contributed by atoms with Crippen LogP contribution in [0.15, 0.2) is 29.1 Å². The number of aromatic nitrogens is 2. The van der Waals surface area contributed by atoms with E-state index < -0.39 is 5.60 Å². The van der Waals surface area contributed by atoms with E-state index in [0.29, 0.717) is 5.69 Å². The molecule has 1 heterocycles. The van der Waals surface area contributed by atoms with Crippen molar-refractivity contribution >= 4 is 11.0 Å². The van der Waals surface area contributed by atoms with Crippen molar-refractivity contribution in [2.24, 2.45) is 7.05 Å². The van der Waals surface area contributed by atoms with Crippen molar-refractivity contribution in [3.8, 4) is 0 Å². The van der Waals surface area contributed by atoms with Crippen LogP contribution in [0.4, 0.5) is 0 Å². The highest BCUT2D eigenvalue weighted by Gasteiger charge is 2.18. The zero-order valence-electron chi connectivity index (χ0n) is 10.3. The van der Waals surface area contributed by atoms with Gasteiger partial charge in [-0.3, -0.25) is 4.79 Å². The van der Waals surface area contributed by atoms with Gasteiger partial charge < -0.3 is 9.67 Å². The van der Waals surface area contributed by atoms with Gasteiger partial charge >= 0.3 is 0 Å². The highest BCUT2D eigenvalue weighted by molar-refractivity contribution is 5.74. The Balaban J connectivity index is 2.66. The zero-order valence-corrected chi connectivity index (χ0v) is 10.3. The smallest absolute Gasteiger partial charge is 0.272 e. The van der Waals surface area contributed by atoms with Crippen LogP contribution >= 0.6 is 0 Å². The number of hydrogen-bond donors (Lipinski definition) is 1. The van der Waals surface area contributed by atoms with Gasteiger partial charge in [-0.2, -0.15) is 0 Å². The molecule has 0 aliphatic carbocycles. The first-order valence-corrected chi connectivity index (χ1v) is 5.55. The third-order valence-electron chi connectivity index (χ3n) is 2.65. The third-order valence-corrected chi connectivity index (χ3v) is 2.65. The van der Waals surface area contributed by atoms with Gasteiger partial charge in [0, 0.05) is 13.5 Å². The average molecular weight is 232 g/mol. The zero-order chi connectivity index (χ0) is 12.6. The molecule has 0 fully saturated rings. The molecule has 17 heavy (non-hydrogen) atoms. The van der Waals surface area contributed by atoms with Gasteiger partial charge in [0.1, 0.15) is 5.69 Å². The Kier molecular flexibility index (Phi) is 2.75. The lowest BCUT2D eigenvalue weighted by Gasteiger charge is -2.16. The standard InChI is InChI=1S/C13H16N2O2/c1-13(2,17)8-10-12(16)15(3)11-7-5-4-6-9(11)14-10/h4-7,17H,8H2,1-3H3. The summed E-state index contributed by atoms with van der Waals surface area (Å²) >= 11 is 0. The molecule has 4 heteroatoms. The van der Waals surface area contributed by atoms with E-state index in [9.17, 15) is 9.90 Å². The highest BCUT2D eigenvalue weighted by atomic mass is 16.3. The van der Waals surface area contributed by atoms with Crippen molar-refractivity contribution in [3.05, 3.63) is 40.3 Å². The first-order chi connectivity index (χ1) is 7.88. The molecule has 1 N–H and O–H groups in total. The summed E-state index contributed by atoms with van der Waals surface area (Å²) in [5, 5.41) is 9.77. The SMILES string of the molecule is Cn1c(=O)c(CC(C)(C)O)nc2ccccc21. The Morgan fingerprint density at radius 1 is 1.35 bits per heavy atom. The summed E-state index contributed by atoms with van der Waals surface area (Å²) in [6, 6.07) is 7.48. The van der Waals surface area contributed by atoms with Crippen LogP contribution in [0, 0.1) is 0 Å². The minimum Gasteiger partial charge on any atom is -0.390 e. The maximum Gasteiger partial charge on any atom is 0.272 e. The molecule has 0 unspecified atom stereocenters. The Bertz CT molecular complexity index is 609. The molecular weight excluding hydrogens is 216 g/mol. The summed E-state index contributed by atoms with van der Waals surface area (Å²) in [4.78, 5) is 16.4. The lowest BCUT2D eigenvalue weighted by molar-refractivity contribution is 0.0795. The first-order valence-electron chi connectivity index (χ1n) is 5.55. The molecule has 0 radical (unpaired) electrons. The number of hydrogen-bond acceptors (Lipinski definition) is 3. The van der Waals surface area contributed by atoms with Crippen LogP contribution in [-0.4, -0.2) is 20.3 Å². The predicted molar refractivity (Wildman–Crippen MR) is 67.0 cm³/mol. The van der Waals surface area contributed by atoms with Gasteiger partial charge in [0.15, 0.2) is 0 Å². The molecule has 2 rings (SSSR count). The molecule has 0 aliphatic rings. The Hall–Kier alpha value is -1.68. The van der Waals surface area contributed by atoms with E-state index in [0.717, 1.165) is 11.0 Å². The second-order valence-corrected chi connectivity index (χ2v) is 4.90. The number of para-hydroxylation sites is 2. The molecule has 0 saturated heterocycles. The summed E-state index contributed by atoms with van der Waals surface area (Å²) < 4.78 is 1.57. The van der Waals surface area contributed by atoms with Crippen LogP contribution < -0.4 is 5.56 Å². The van der Waals surface area contributed by atoms with Gasteiger partial charge in [-0.05, 0) is 26.0 Å². The van der Waals surface area contributed by atoms with Crippen molar-refractivity contribution < 1.29 is 5.11 Å². The highest BCUT2D eigenvalue weighted by Crippen LogP contribution is 2.12. The number of rotatable bonds is 2. The van der Waals surface area contributed by atoms with Gasteiger partial charge in [0.05, 0.1) is 16.6 Å². The van der Waals surface area contributed by atoms with Crippen LogP contribution in [0.25, 0.3) is 11.0 Å². The fourth-order valence-electron chi connectivity index (χ4n) is 1.86. The van der Waals surface area contributed by atoms with Crippen LogP contribution in [-0.2, 0) is 13.5 Å². The average Bonchev–Trinajstić information content (AvgIpc) is 2.24. The van der Waals surface area contributed by atoms with Crippen LogP contribution in [0.3, 0.4) is 0 Å². The molecule has 0 bridgehead atoms. The molecule has 0 aliphatic heterocycles. The van der Waals surface area contributed by atoms with Gasteiger partial charge in [0.25, 0.3) is 5.56 Å². The lowest BCUT2D eigenvalue weighted by atomic mass is 10.0. The van der Waals surface area contributed by atoms with Crippen molar-refractivity contribution in [1.82, 2.24) is 9.55 Å². The summed E-state index contributed by atoms with van der Waals surface area (Å²) in [5.41, 5.74) is 0.900. The van der Waals surface area contributed by atoms with Crippen LogP contribution in [0.5, 0.6) is 0 Å². The summed E-state index contributed by atoms with van der Waals surface area (Å²) in [6.07, 6.45) is 0.254. The molecule has 1 aromatic heterocycles.